The van der Waals surface area contributed by atoms with E-state index in [0.29, 0.717) is 29.1 Å². The first-order chi connectivity index (χ1) is 13.3. The molecule has 1 heterocycles. The molecule has 0 aliphatic carbocycles. The second-order valence-electron chi connectivity index (χ2n) is 8.64. The van der Waals surface area contributed by atoms with E-state index in [4.69, 9.17) is 0 Å². The maximum absolute atomic E-state index is 13.5. The summed E-state index contributed by atoms with van der Waals surface area (Å²) < 4.78 is 54.3. The van der Waals surface area contributed by atoms with E-state index >= 15 is 0 Å². The summed E-state index contributed by atoms with van der Waals surface area (Å²) in [7, 11) is -4.37. The number of fused-ring (bicyclic) bond motifs is 1. The van der Waals surface area contributed by atoms with Crippen LogP contribution >= 0.6 is 0 Å². The van der Waals surface area contributed by atoms with Crippen molar-refractivity contribution < 1.29 is 16.8 Å². The molecule has 3 rings (SSSR count). The molecule has 29 heavy (non-hydrogen) atoms. The average Bonchev–Trinajstić information content (AvgIpc) is 3.04. The molecule has 1 aliphatic heterocycles. The average molecular weight is 437 g/mol. The Morgan fingerprint density at radius 1 is 0.966 bits per heavy atom. The molecule has 0 aromatic heterocycles. The monoisotopic (exact) mass is 436 g/mol. The number of rotatable bonds is 4. The van der Waals surface area contributed by atoms with Gasteiger partial charge >= 0.3 is 0 Å². The molecular formula is C21H28N2O4S2. The summed E-state index contributed by atoms with van der Waals surface area (Å²) in [6, 6.07) is 10.2. The van der Waals surface area contributed by atoms with E-state index in [2.05, 4.69) is 0 Å². The summed E-state index contributed by atoms with van der Waals surface area (Å²) in [6.45, 7) is 8.23. The number of sulfonamides is 2. The summed E-state index contributed by atoms with van der Waals surface area (Å²) in [5.74, 6) is 0. The third kappa shape index (κ3) is 3.81. The zero-order chi connectivity index (χ0) is 21.8. The van der Waals surface area contributed by atoms with Crippen molar-refractivity contribution in [2.75, 3.05) is 24.9 Å². The SMILES string of the molecule is Cc1ccc(C(C)(C)C)cc1S(=O)(=O)N1CCc2cc(S(=O)(=O)N(C)C)ccc21. The van der Waals surface area contributed by atoms with Gasteiger partial charge in [0.05, 0.1) is 15.5 Å². The number of hydrogen-bond acceptors (Lipinski definition) is 4. The van der Waals surface area contributed by atoms with Gasteiger partial charge in [-0.3, -0.25) is 4.31 Å². The van der Waals surface area contributed by atoms with Gasteiger partial charge < -0.3 is 0 Å². The van der Waals surface area contributed by atoms with Crippen LogP contribution in [0.15, 0.2) is 46.2 Å². The fraction of sp³-hybridized carbons (Fsp3) is 0.429. The quantitative estimate of drug-likeness (QED) is 0.737. The number of benzene rings is 2. The van der Waals surface area contributed by atoms with E-state index in [1.165, 1.54) is 24.5 Å². The first-order valence-electron chi connectivity index (χ1n) is 9.45. The molecule has 0 spiro atoms. The fourth-order valence-corrected chi connectivity index (χ4v) is 6.14. The van der Waals surface area contributed by atoms with Gasteiger partial charge in [0.15, 0.2) is 0 Å². The van der Waals surface area contributed by atoms with Crippen molar-refractivity contribution in [3.05, 3.63) is 53.1 Å². The minimum Gasteiger partial charge on any atom is -0.266 e. The van der Waals surface area contributed by atoms with Crippen LogP contribution in [0, 0.1) is 6.92 Å². The Morgan fingerprint density at radius 3 is 2.21 bits per heavy atom. The highest BCUT2D eigenvalue weighted by Gasteiger charge is 2.33. The van der Waals surface area contributed by atoms with Gasteiger partial charge in [-0.1, -0.05) is 32.9 Å². The molecular weight excluding hydrogens is 408 g/mol. The highest BCUT2D eigenvalue weighted by Crippen LogP contribution is 2.36. The minimum atomic E-state index is -3.76. The Bertz CT molecular complexity index is 1160. The molecule has 2 aromatic carbocycles. The zero-order valence-electron chi connectivity index (χ0n) is 17.7. The third-order valence-electron chi connectivity index (χ3n) is 5.30. The molecule has 0 saturated carbocycles. The molecule has 8 heteroatoms. The van der Waals surface area contributed by atoms with Crippen molar-refractivity contribution in [1.29, 1.82) is 0 Å². The topological polar surface area (TPSA) is 74.8 Å². The standard InChI is InChI=1S/C21H28N2O4S2/c1-15-7-8-17(21(2,3)4)14-20(15)29(26,27)23-12-11-16-13-18(9-10-19(16)23)28(24,25)22(5)6/h7-10,13-14H,11-12H2,1-6H3. The second-order valence-corrected chi connectivity index (χ2v) is 12.6. The van der Waals surface area contributed by atoms with Crippen LogP contribution in [0.1, 0.15) is 37.5 Å². The van der Waals surface area contributed by atoms with Gasteiger partial charge in [-0.25, -0.2) is 21.1 Å². The summed E-state index contributed by atoms with van der Waals surface area (Å²) in [6.07, 6.45) is 0.476. The normalized spacial score (nSPS) is 15.1. The Morgan fingerprint density at radius 2 is 1.62 bits per heavy atom. The molecule has 0 bridgehead atoms. The van der Waals surface area contributed by atoms with Crippen molar-refractivity contribution >= 4 is 25.7 Å². The van der Waals surface area contributed by atoms with Gasteiger partial charge in [0.1, 0.15) is 0 Å². The zero-order valence-corrected chi connectivity index (χ0v) is 19.4. The predicted molar refractivity (Wildman–Crippen MR) is 115 cm³/mol. The number of nitrogens with zero attached hydrogens (tertiary/aromatic N) is 2. The summed E-state index contributed by atoms with van der Waals surface area (Å²) in [5, 5.41) is 0. The van der Waals surface area contributed by atoms with Crippen LogP contribution in [-0.2, 0) is 31.9 Å². The lowest BCUT2D eigenvalue weighted by Crippen LogP contribution is -2.30. The van der Waals surface area contributed by atoms with Crippen molar-refractivity contribution in [1.82, 2.24) is 4.31 Å². The smallest absolute Gasteiger partial charge is 0.264 e. The van der Waals surface area contributed by atoms with E-state index in [1.807, 2.05) is 32.9 Å². The number of hydrogen-bond donors (Lipinski definition) is 0. The van der Waals surface area contributed by atoms with Crippen LogP contribution in [0.25, 0.3) is 0 Å². The van der Waals surface area contributed by atoms with Gasteiger partial charge in [-0.05, 0) is 59.7 Å². The number of anilines is 1. The Labute approximate surface area is 174 Å². The first-order valence-corrected chi connectivity index (χ1v) is 12.3. The lowest BCUT2D eigenvalue weighted by Gasteiger charge is -2.24. The van der Waals surface area contributed by atoms with Gasteiger partial charge in [0.2, 0.25) is 10.0 Å². The van der Waals surface area contributed by atoms with Gasteiger partial charge in [0, 0.05) is 20.6 Å². The fourth-order valence-electron chi connectivity index (χ4n) is 3.43. The Kier molecular flexibility index (Phi) is 5.34. The molecule has 0 radical (unpaired) electrons. The maximum atomic E-state index is 13.5. The Balaban J connectivity index is 2.07. The van der Waals surface area contributed by atoms with Crippen LogP contribution in [0.3, 0.4) is 0 Å². The molecule has 0 amide bonds. The summed E-state index contributed by atoms with van der Waals surface area (Å²) >= 11 is 0. The van der Waals surface area contributed by atoms with Crippen LogP contribution in [-0.4, -0.2) is 41.8 Å². The van der Waals surface area contributed by atoms with E-state index < -0.39 is 20.0 Å². The molecule has 158 valence electrons. The Hall–Kier alpha value is -1.90. The van der Waals surface area contributed by atoms with Gasteiger partial charge in [0.25, 0.3) is 10.0 Å². The van der Waals surface area contributed by atoms with E-state index in [9.17, 15) is 16.8 Å². The highest BCUT2D eigenvalue weighted by molar-refractivity contribution is 7.93. The minimum absolute atomic E-state index is 0.170. The second kappa shape index (κ2) is 7.11. The lowest BCUT2D eigenvalue weighted by atomic mass is 9.87. The molecule has 0 unspecified atom stereocenters. The van der Waals surface area contributed by atoms with Crippen LogP contribution < -0.4 is 4.31 Å². The van der Waals surface area contributed by atoms with Crippen molar-refractivity contribution in [2.24, 2.45) is 0 Å². The molecule has 0 atom stereocenters. The molecule has 1 aliphatic rings. The van der Waals surface area contributed by atoms with E-state index in [0.717, 1.165) is 15.4 Å². The van der Waals surface area contributed by atoms with Crippen LogP contribution in [0.5, 0.6) is 0 Å². The van der Waals surface area contributed by atoms with E-state index in [-0.39, 0.29) is 10.3 Å². The molecule has 0 fully saturated rings. The summed E-state index contributed by atoms with van der Waals surface area (Å²) in [4.78, 5) is 0.467. The predicted octanol–water partition coefficient (Wildman–Crippen LogP) is 3.29. The molecule has 6 nitrogen and oxygen atoms in total. The van der Waals surface area contributed by atoms with Gasteiger partial charge in [-0.15, -0.1) is 0 Å². The summed E-state index contributed by atoms with van der Waals surface area (Å²) in [5.41, 5.74) is 2.74. The van der Waals surface area contributed by atoms with Crippen molar-refractivity contribution in [3.63, 3.8) is 0 Å². The molecule has 2 aromatic rings. The van der Waals surface area contributed by atoms with Gasteiger partial charge in [-0.2, -0.15) is 0 Å². The molecule has 0 N–H and O–H groups in total. The maximum Gasteiger partial charge on any atom is 0.264 e. The lowest BCUT2D eigenvalue weighted by molar-refractivity contribution is 0.520. The van der Waals surface area contributed by atoms with Crippen molar-refractivity contribution in [3.8, 4) is 0 Å². The first kappa shape index (κ1) is 21.8. The highest BCUT2D eigenvalue weighted by atomic mass is 32.2. The van der Waals surface area contributed by atoms with Crippen molar-refractivity contribution in [2.45, 2.75) is 49.3 Å². The third-order valence-corrected chi connectivity index (χ3v) is 9.07. The van der Waals surface area contributed by atoms with E-state index in [1.54, 1.807) is 25.1 Å². The number of aryl methyl sites for hydroxylation is 1. The van der Waals surface area contributed by atoms with Crippen LogP contribution in [0.2, 0.25) is 0 Å². The van der Waals surface area contributed by atoms with Crippen LogP contribution in [0.4, 0.5) is 5.69 Å². The largest absolute Gasteiger partial charge is 0.266 e. The molecule has 0 saturated heterocycles.